The maximum atomic E-state index is 12.8. The molecule has 1 aliphatic rings. The molecular formula is C16H17NO4S. The molecule has 1 amide bonds. The van der Waals surface area contributed by atoms with Crippen LogP contribution in [0.15, 0.2) is 34.9 Å². The summed E-state index contributed by atoms with van der Waals surface area (Å²) in [6.45, 7) is 0.427. The number of carboxylic acid groups (broad SMARTS) is 1. The monoisotopic (exact) mass is 319 g/mol. The minimum atomic E-state index is -0.998. The predicted molar refractivity (Wildman–Crippen MR) is 82.1 cm³/mol. The quantitative estimate of drug-likeness (QED) is 0.913. The molecule has 0 spiro atoms. The average molecular weight is 319 g/mol. The van der Waals surface area contributed by atoms with Crippen molar-refractivity contribution in [3.05, 3.63) is 46.0 Å². The van der Waals surface area contributed by atoms with E-state index in [2.05, 4.69) is 0 Å². The molecule has 2 aromatic rings. The van der Waals surface area contributed by atoms with Crippen LogP contribution in [0.25, 0.3) is 0 Å². The van der Waals surface area contributed by atoms with Crippen LogP contribution in [0.3, 0.4) is 0 Å². The third kappa shape index (κ3) is 3.06. The smallest absolute Gasteiger partial charge is 0.345 e. The maximum absolute atomic E-state index is 12.8. The van der Waals surface area contributed by atoms with Gasteiger partial charge in [0.15, 0.2) is 0 Å². The molecule has 116 valence electrons. The molecule has 22 heavy (non-hydrogen) atoms. The van der Waals surface area contributed by atoms with Crippen molar-refractivity contribution >= 4 is 23.2 Å². The highest BCUT2D eigenvalue weighted by atomic mass is 32.1. The predicted octanol–water partition coefficient (Wildman–Crippen LogP) is 3.62. The first kappa shape index (κ1) is 14.8. The van der Waals surface area contributed by atoms with Crippen molar-refractivity contribution in [1.29, 1.82) is 0 Å². The van der Waals surface area contributed by atoms with Crippen molar-refractivity contribution < 1.29 is 19.1 Å². The van der Waals surface area contributed by atoms with Gasteiger partial charge in [-0.25, -0.2) is 4.79 Å². The minimum Gasteiger partial charge on any atom is -0.477 e. The SMILES string of the molecule is O=C(O)c1ccc(C(=O)N(Cc2ccco2)C2CCCC2)s1. The van der Waals surface area contributed by atoms with Gasteiger partial charge in [0, 0.05) is 6.04 Å². The van der Waals surface area contributed by atoms with Crippen LogP contribution in [0.1, 0.15) is 50.8 Å². The van der Waals surface area contributed by atoms with Crippen LogP contribution in [0, 0.1) is 0 Å². The lowest BCUT2D eigenvalue weighted by Gasteiger charge is -2.27. The molecule has 1 aliphatic carbocycles. The number of thiophene rings is 1. The average Bonchev–Trinajstić information content (AvgIpc) is 3.24. The Morgan fingerprint density at radius 3 is 2.55 bits per heavy atom. The first-order valence-corrected chi connectivity index (χ1v) is 8.13. The Morgan fingerprint density at radius 2 is 1.95 bits per heavy atom. The molecule has 1 fully saturated rings. The summed E-state index contributed by atoms with van der Waals surface area (Å²) in [6, 6.07) is 6.95. The van der Waals surface area contributed by atoms with Crippen LogP contribution in [-0.2, 0) is 6.54 Å². The highest BCUT2D eigenvalue weighted by molar-refractivity contribution is 7.15. The Morgan fingerprint density at radius 1 is 1.23 bits per heavy atom. The Kier molecular flexibility index (Phi) is 4.29. The van der Waals surface area contributed by atoms with Crippen LogP contribution in [-0.4, -0.2) is 27.9 Å². The molecule has 1 N–H and O–H groups in total. The first-order chi connectivity index (χ1) is 10.6. The van der Waals surface area contributed by atoms with Gasteiger partial charge >= 0.3 is 5.97 Å². The van der Waals surface area contributed by atoms with Crippen LogP contribution >= 0.6 is 11.3 Å². The number of amides is 1. The molecule has 2 aromatic heterocycles. The second-order valence-electron chi connectivity index (χ2n) is 5.42. The molecule has 0 unspecified atom stereocenters. The highest BCUT2D eigenvalue weighted by Gasteiger charge is 2.29. The van der Waals surface area contributed by atoms with Gasteiger partial charge in [0.2, 0.25) is 0 Å². The third-order valence-corrected chi connectivity index (χ3v) is 5.02. The second-order valence-corrected chi connectivity index (χ2v) is 6.50. The fourth-order valence-corrected chi connectivity index (χ4v) is 3.66. The van der Waals surface area contributed by atoms with E-state index < -0.39 is 5.97 Å². The van der Waals surface area contributed by atoms with Crippen LogP contribution in [0.5, 0.6) is 0 Å². The molecule has 3 rings (SSSR count). The number of rotatable bonds is 5. The van der Waals surface area contributed by atoms with Gasteiger partial charge in [-0.2, -0.15) is 0 Å². The Bertz CT molecular complexity index is 656. The number of hydrogen-bond donors (Lipinski definition) is 1. The lowest BCUT2D eigenvalue weighted by molar-refractivity contribution is 0.0653. The zero-order valence-electron chi connectivity index (χ0n) is 12.0. The van der Waals surface area contributed by atoms with Gasteiger partial charge in [0.25, 0.3) is 5.91 Å². The van der Waals surface area contributed by atoms with Crippen LogP contribution in [0.2, 0.25) is 0 Å². The molecule has 0 saturated heterocycles. The minimum absolute atomic E-state index is 0.110. The van der Waals surface area contributed by atoms with Gasteiger partial charge in [-0.1, -0.05) is 12.8 Å². The zero-order valence-corrected chi connectivity index (χ0v) is 12.8. The Labute approximate surface area is 132 Å². The van der Waals surface area contributed by atoms with Crippen molar-refractivity contribution in [2.24, 2.45) is 0 Å². The molecule has 1 saturated carbocycles. The third-order valence-electron chi connectivity index (χ3n) is 3.96. The Hall–Kier alpha value is -2.08. The van der Waals surface area contributed by atoms with Gasteiger partial charge < -0.3 is 14.4 Å². The summed E-state index contributed by atoms with van der Waals surface area (Å²) < 4.78 is 5.37. The second kappa shape index (κ2) is 6.36. The number of nitrogens with zero attached hydrogens (tertiary/aromatic N) is 1. The van der Waals surface area contributed by atoms with E-state index in [9.17, 15) is 9.59 Å². The molecule has 0 bridgehead atoms. The summed E-state index contributed by atoms with van der Waals surface area (Å²) in [5.74, 6) is -0.362. The van der Waals surface area contributed by atoms with E-state index >= 15 is 0 Å². The highest BCUT2D eigenvalue weighted by Crippen LogP contribution is 2.28. The topological polar surface area (TPSA) is 70.8 Å². The molecule has 5 nitrogen and oxygen atoms in total. The number of carbonyl (C=O) groups is 2. The molecule has 2 heterocycles. The summed E-state index contributed by atoms with van der Waals surface area (Å²) in [7, 11) is 0. The summed E-state index contributed by atoms with van der Waals surface area (Å²) in [5, 5.41) is 9.01. The van der Waals surface area contributed by atoms with E-state index in [1.54, 1.807) is 18.4 Å². The van der Waals surface area contributed by atoms with Crippen molar-refractivity contribution in [2.75, 3.05) is 0 Å². The standard InChI is InChI=1S/C16H17NO4S/c18-15(13-7-8-14(22-13)16(19)20)17(11-4-1-2-5-11)10-12-6-3-9-21-12/h3,6-9,11H,1-2,4-5,10H2,(H,19,20). The molecule has 0 aliphatic heterocycles. The maximum Gasteiger partial charge on any atom is 0.345 e. The fourth-order valence-electron chi connectivity index (χ4n) is 2.86. The molecule has 6 heteroatoms. The summed E-state index contributed by atoms with van der Waals surface area (Å²) in [4.78, 5) is 26.3. The van der Waals surface area contributed by atoms with E-state index in [4.69, 9.17) is 9.52 Å². The molecule has 0 atom stereocenters. The lowest BCUT2D eigenvalue weighted by Crippen LogP contribution is -2.37. The van der Waals surface area contributed by atoms with E-state index in [0.717, 1.165) is 42.8 Å². The van der Waals surface area contributed by atoms with Crippen LogP contribution < -0.4 is 0 Å². The molecular weight excluding hydrogens is 302 g/mol. The van der Waals surface area contributed by atoms with E-state index in [-0.39, 0.29) is 16.8 Å². The van der Waals surface area contributed by atoms with Gasteiger partial charge in [0.1, 0.15) is 10.6 Å². The Balaban J connectivity index is 1.83. The van der Waals surface area contributed by atoms with Crippen LogP contribution in [0.4, 0.5) is 0 Å². The van der Waals surface area contributed by atoms with Gasteiger partial charge in [0.05, 0.1) is 17.7 Å². The normalized spacial score (nSPS) is 15.1. The van der Waals surface area contributed by atoms with E-state index in [1.807, 2.05) is 11.0 Å². The summed E-state index contributed by atoms with van der Waals surface area (Å²) in [5.41, 5.74) is 0. The molecule has 0 radical (unpaired) electrons. The van der Waals surface area contributed by atoms with Gasteiger partial charge in [-0.15, -0.1) is 11.3 Å². The van der Waals surface area contributed by atoms with E-state index in [1.165, 1.54) is 6.07 Å². The number of furan rings is 1. The lowest BCUT2D eigenvalue weighted by atomic mass is 10.2. The first-order valence-electron chi connectivity index (χ1n) is 7.31. The zero-order chi connectivity index (χ0) is 15.5. The summed E-state index contributed by atoms with van der Waals surface area (Å²) in [6.07, 6.45) is 5.82. The van der Waals surface area contributed by atoms with Crippen molar-refractivity contribution in [1.82, 2.24) is 4.90 Å². The van der Waals surface area contributed by atoms with Gasteiger partial charge in [-0.05, 0) is 37.1 Å². The number of hydrogen-bond acceptors (Lipinski definition) is 4. The largest absolute Gasteiger partial charge is 0.477 e. The van der Waals surface area contributed by atoms with Crippen molar-refractivity contribution in [3.63, 3.8) is 0 Å². The van der Waals surface area contributed by atoms with Crippen molar-refractivity contribution in [3.8, 4) is 0 Å². The fraction of sp³-hybridized carbons (Fsp3) is 0.375. The van der Waals surface area contributed by atoms with Crippen molar-refractivity contribution in [2.45, 2.75) is 38.3 Å². The number of aromatic carboxylic acids is 1. The van der Waals surface area contributed by atoms with E-state index in [0.29, 0.717) is 11.4 Å². The number of carboxylic acids is 1. The number of carbonyl (C=O) groups excluding carboxylic acids is 1. The summed E-state index contributed by atoms with van der Waals surface area (Å²) >= 11 is 1.03. The van der Waals surface area contributed by atoms with Gasteiger partial charge in [-0.3, -0.25) is 4.79 Å². The molecule has 0 aromatic carbocycles.